The molecule has 0 N–H and O–H groups in total. The van der Waals surface area contributed by atoms with Crippen LogP contribution in [-0.2, 0) is 9.59 Å². The molecule has 1 rings (SSSR count). The van der Waals surface area contributed by atoms with Crippen LogP contribution in [0.3, 0.4) is 0 Å². The number of ketones is 1. The van der Waals surface area contributed by atoms with Crippen molar-refractivity contribution < 1.29 is 9.59 Å². The van der Waals surface area contributed by atoms with Crippen molar-refractivity contribution in [3.63, 3.8) is 0 Å². The first-order valence-corrected chi connectivity index (χ1v) is 4.67. The Morgan fingerprint density at radius 1 is 1.13 bits per heavy atom. The van der Waals surface area contributed by atoms with E-state index in [0.717, 1.165) is 17.4 Å². The smallest absolute Gasteiger partial charge is 0.178 e. The zero-order valence-electron chi connectivity index (χ0n) is 8.51. The van der Waals surface area contributed by atoms with Crippen LogP contribution >= 0.6 is 0 Å². The van der Waals surface area contributed by atoms with Crippen LogP contribution in [0.5, 0.6) is 0 Å². The molecule has 15 heavy (non-hydrogen) atoms. The maximum Gasteiger partial charge on any atom is 0.178 e. The molecule has 0 aromatic carbocycles. The normalized spacial score (nSPS) is 15.5. The summed E-state index contributed by atoms with van der Waals surface area (Å²) in [5.74, 6) is -0.0158. The molecule has 2 heteroatoms. The van der Waals surface area contributed by atoms with Crippen molar-refractivity contribution in [3.8, 4) is 0 Å². The Morgan fingerprint density at radius 3 is 2.33 bits per heavy atom. The Labute approximate surface area is 89.0 Å². The Morgan fingerprint density at radius 2 is 1.80 bits per heavy atom. The van der Waals surface area contributed by atoms with Crippen molar-refractivity contribution in [3.05, 3.63) is 59.8 Å². The molecule has 76 valence electrons. The number of carbonyl (C=O) groups is 2. The third-order valence-corrected chi connectivity index (χ3v) is 1.89. The molecule has 1 aliphatic carbocycles. The summed E-state index contributed by atoms with van der Waals surface area (Å²) >= 11 is 0. The molecule has 0 saturated carbocycles. The molecule has 0 heterocycles. The predicted octanol–water partition coefficient (Wildman–Crippen LogP) is 2.31. The lowest BCUT2D eigenvalue weighted by Crippen LogP contribution is -1.93. The van der Waals surface area contributed by atoms with E-state index in [4.69, 9.17) is 0 Å². The van der Waals surface area contributed by atoms with Crippen LogP contribution < -0.4 is 0 Å². The van der Waals surface area contributed by atoms with E-state index in [9.17, 15) is 9.59 Å². The van der Waals surface area contributed by atoms with Crippen LogP contribution in [0, 0.1) is 0 Å². The fourth-order valence-corrected chi connectivity index (χ4v) is 1.22. The predicted molar refractivity (Wildman–Crippen MR) is 60.3 cm³/mol. The van der Waals surface area contributed by atoms with E-state index in [2.05, 4.69) is 0 Å². The van der Waals surface area contributed by atoms with Gasteiger partial charge in [0.15, 0.2) is 5.78 Å². The van der Waals surface area contributed by atoms with Gasteiger partial charge in [-0.2, -0.15) is 0 Å². The molecule has 0 aromatic rings. The molecule has 0 aromatic heterocycles. The molecular weight excluding hydrogens is 188 g/mol. The Hall–Kier alpha value is -1.96. The van der Waals surface area contributed by atoms with Crippen LogP contribution in [0.2, 0.25) is 0 Å². The fraction of sp³-hybridized carbons (Fsp3) is 0.0769. The highest BCUT2D eigenvalue weighted by atomic mass is 16.1. The second-order valence-corrected chi connectivity index (χ2v) is 2.97. The molecule has 0 aliphatic heterocycles. The molecule has 0 amide bonds. The third kappa shape index (κ3) is 3.35. The molecule has 0 spiro atoms. The van der Waals surface area contributed by atoms with Gasteiger partial charge in [-0.05, 0) is 36.3 Å². The van der Waals surface area contributed by atoms with E-state index in [-0.39, 0.29) is 5.78 Å². The van der Waals surface area contributed by atoms with Crippen molar-refractivity contribution in [2.45, 2.75) is 6.92 Å². The van der Waals surface area contributed by atoms with Gasteiger partial charge in [0.2, 0.25) is 0 Å². The zero-order chi connectivity index (χ0) is 11.1. The van der Waals surface area contributed by atoms with Gasteiger partial charge in [0, 0.05) is 0 Å². The van der Waals surface area contributed by atoms with E-state index in [0.29, 0.717) is 0 Å². The summed E-state index contributed by atoms with van der Waals surface area (Å²) in [5.41, 5.74) is 1.83. The highest BCUT2D eigenvalue weighted by molar-refractivity contribution is 6.01. The van der Waals surface area contributed by atoms with Crippen molar-refractivity contribution in [2.75, 3.05) is 0 Å². The first-order valence-electron chi connectivity index (χ1n) is 4.67. The van der Waals surface area contributed by atoms with Gasteiger partial charge in [-0.25, -0.2) is 0 Å². The van der Waals surface area contributed by atoms with Gasteiger partial charge in [0.25, 0.3) is 0 Å². The topological polar surface area (TPSA) is 34.1 Å². The number of aldehydes is 1. The molecular formula is C13H12O2. The average Bonchev–Trinajstić information content (AvgIpc) is 2.25. The minimum atomic E-state index is -0.0158. The summed E-state index contributed by atoms with van der Waals surface area (Å²) in [6.07, 6.45) is 14.1. The van der Waals surface area contributed by atoms with Crippen LogP contribution in [0.15, 0.2) is 59.8 Å². The minimum Gasteiger partial charge on any atom is -0.299 e. The molecule has 2 nitrogen and oxygen atoms in total. The molecule has 0 saturated heterocycles. The molecule has 0 unspecified atom stereocenters. The van der Waals surface area contributed by atoms with E-state index in [1.165, 1.54) is 18.2 Å². The summed E-state index contributed by atoms with van der Waals surface area (Å²) in [6, 6.07) is 0. The van der Waals surface area contributed by atoms with Gasteiger partial charge in [-0.3, -0.25) is 9.59 Å². The van der Waals surface area contributed by atoms with Crippen molar-refractivity contribution in [1.29, 1.82) is 0 Å². The SMILES string of the molecule is CC=CC(C=CC=O)=C1C=CC(=O)C=C1. The van der Waals surface area contributed by atoms with Crippen molar-refractivity contribution in [1.82, 2.24) is 0 Å². The quantitative estimate of drug-likeness (QED) is 0.517. The Balaban J connectivity index is 3.06. The summed E-state index contributed by atoms with van der Waals surface area (Å²) < 4.78 is 0. The summed E-state index contributed by atoms with van der Waals surface area (Å²) in [7, 11) is 0. The van der Waals surface area contributed by atoms with Crippen molar-refractivity contribution >= 4 is 12.1 Å². The molecule has 0 fully saturated rings. The van der Waals surface area contributed by atoms with Gasteiger partial charge in [-0.15, -0.1) is 0 Å². The lowest BCUT2D eigenvalue weighted by molar-refractivity contribution is -0.110. The first kappa shape index (κ1) is 11.1. The first-order chi connectivity index (χ1) is 7.27. The highest BCUT2D eigenvalue weighted by Gasteiger charge is 2.01. The lowest BCUT2D eigenvalue weighted by Gasteiger charge is -2.03. The molecule has 0 atom stereocenters. The average molecular weight is 200 g/mol. The number of hydrogen-bond acceptors (Lipinski definition) is 2. The summed E-state index contributed by atoms with van der Waals surface area (Å²) in [5, 5.41) is 0. The van der Waals surface area contributed by atoms with Crippen LogP contribution in [-0.4, -0.2) is 12.1 Å². The number of rotatable bonds is 3. The zero-order valence-corrected chi connectivity index (χ0v) is 8.51. The maximum atomic E-state index is 10.9. The monoisotopic (exact) mass is 200 g/mol. The minimum absolute atomic E-state index is 0.0158. The largest absolute Gasteiger partial charge is 0.299 e. The maximum absolute atomic E-state index is 10.9. The standard InChI is InChI=1S/C13H12O2/c1-2-4-11(5-3-10-14)12-6-8-13(15)9-7-12/h2-10H,1H3. The Kier molecular flexibility index (Phi) is 4.23. The van der Waals surface area contributed by atoms with Gasteiger partial charge in [-0.1, -0.05) is 30.4 Å². The second kappa shape index (κ2) is 5.70. The van der Waals surface area contributed by atoms with Crippen molar-refractivity contribution in [2.24, 2.45) is 0 Å². The van der Waals surface area contributed by atoms with Crippen LogP contribution in [0.4, 0.5) is 0 Å². The van der Waals surface area contributed by atoms with Gasteiger partial charge in [0.05, 0.1) is 0 Å². The fourth-order valence-electron chi connectivity index (χ4n) is 1.22. The molecule has 0 radical (unpaired) electrons. The number of allylic oxidation sites excluding steroid dienone is 10. The van der Waals surface area contributed by atoms with Gasteiger partial charge in [0.1, 0.15) is 6.29 Å². The molecule has 0 bridgehead atoms. The third-order valence-electron chi connectivity index (χ3n) is 1.89. The molecule has 1 aliphatic rings. The van der Waals surface area contributed by atoms with E-state index >= 15 is 0 Å². The second-order valence-electron chi connectivity index (χ2n) is 2.97. The number of carbonyl (C=O) groups excluding carboxylic acids is 2. The van der Waals surface area contributed by atoms with E-state index < -0.39 is 0 Å². The number of hydrogen-bond donors (Lipinski definition) is 0. The van der Waals surface area contributed by atoms with Gasteiger partial charge >= 0.3 is 0 Å². The lowest BCUT2D eigenvalue weighted by atomic mass is 10.0. The summed E-state index contributed by atoms with van der Waals surface area (Å²) in [6.45, 7) is 1.90. The Bertz CT molecular complexity index is 386. The summed E-state index contributed by atoms with van der Waals surface area (Å²) in [4.78, 5) is 21.1. The van der Waals surface area contributed by atoms with Crippen LogP contribution in [0.1, 0.15) is 6.92 Å². The van der Waals surface area contributed by atoms with Gasteiger partial charge < -0.3 is 0 Å². The highest BCUT2D eigenvalue weighted by Crippen LogP contribution is 2.14. The van der Waals surface area contributed by atoms with E-state index in [1.54, 1.807) is 18.2 Å². The van der Waals surface area contributed by atoms with Crippen LogP contribution in [0.25, 0.3) is 0 Å². The van der Waals surface area contributed by atoms with E-state index in [1.807, 2.05) is 19.1 Å².